The number of rotatable bonds is 7. The molecule has 0 aliphatic heterocycles. The Morgan fingerprint density at radius 1 is 1.17 bits per heavy atom. The number of oxime groups is 1. The minimum Gasteiger partial charge on any atom is -0.434 e. The van der Waals surface area contributed by atoms with Gasteiger partial charge in [-0.25, -0.2) is 0 Å². The van der Waals surface area contributed by atoms with Gasteiger partial charge in [-0.1, -0.05) is 35.5 Å². The fraction of sp³-hybridized carbons (Fsp3) is 0.176. The fourth-order valence-electron chi connectivity index (χ4n) is 1.87. The van der Waals surface area contributed by atoms with Gasteiger partial charge in [0.25, 0.3) is 5.91 Å². The summed E-state index contributed by atoms with van der Waals surface area (Å²) in [4.78, 5) is 18.3. The standard InChI is InChI=1S/C17H16F2N2O3/c1-21(14-8-3-2-4-9-14)16(22)12-23-20-11-13-7-5-6-10-15(13)24-17(18)19/h2-11,17H,12H2,1H3/b20-11+. The first kappa shape index (κ1) is 17.4. The third kappa shape index (κ3) is 5.05. The fourth-order valence-corrected chi connectivity index (χ4v) is 1.87. The summed E-state index contributed by atoms with van der Waals surface area (Å²) in [7, 11) is 1.62. The number of carbonyl (C=O) groups excluding carboxylic acids is 1. The van der Waals surface area contributed by atoms with E-state index >= 15 is 0 Å². The van der Waals surface area contributed by atoms with Gasteiger partial charge in [-0.05, 0) is 24.3 Å². The zero-order chi connectivity index (χ0) is 17.4. The molecule has 0 unspecified atom stereocenters. The third-order valence-electron chi connectivity index (χ3n) is 3.11. The number of hydrogen-bond donors (Lipinski definition) is 0. The molecule has 0 saturated heterocycles. The lowest BCUT2D eigenvalue weighted by Crippen LogP contribution is -2.29. The first-order chi connectivity index (χ1) is 11.6. The molecule has 126 valence electrons. The van der Waals surface area contributed by atoms with E-state index in [-0.39, 0.29) is 18.3 Å². The molecule has 0 aliphatic rings. The van der Waals surface area contributed by atoms with Crippen molar-refractivity contribution in [2.75, 3.05) is 18.6 Å². The zero-order valence-corrected chi connectivity index (χ0v) is 12.9. The van der Waals surface area contributed by atoms with Crippen LogP contribution in [0.5, 0.6) is 5.75 Å². The van der Waals surface area contributed by atoms with E-state index in [1.54, 1.807) is 37.4 Å². The van der Waals surface area contributed by atoms with Gasteiger partial charge < -0.3 is 14.5 Å². The molecule has 2 aromatic carbocycles. The average molecular weight is 334 g/mol. The Labute approximate surface area is 138 Å². The smallest absolute Gasteiger partial charge is 0.387 e. The highest BCUT2D eigenvalue weighted by molar-refractivity contribution is 5.93. The van der Waals surface area contributed by atoms with Crippen LogP contribution in [-0.4, -0.2) is 32.4 Å². The Balaban J connectivity index is 1.90. The SMILES string of the molecule is CN(C(=O)CO/N=C/c1ccccc1OC(F)F)c1ccccc1. The predicted molar refractivity (Wildman–Crippen MR) is 86.5 cm³/mol. The van der Waals surface area contributed by atoms with Gasteiger partial charge in [0.15, 0.2) is 6.61 Å². The van der Waals surface area contributed by atoms with Crippen molar-refractivity contribution in [3.05, 3.63) is 60.2 Å². The Morgan fingerprint density at radius 2 is 1.83 bits per heavy atom. The Hall–Kier alpha value is -2.96. The molecule has 0 heterocycles. The monoisotopic (exact) mass is 334 g/mol. The van der Waals surface area contributed by atoms with Crippen molar-refractivity contribution in [1.82, 2.24) is 0 Å². The van der Waals surface area contributed by atoms with E-state index in [4.69, 9.17) is 4.84 Å². The number of halogens is 2. The number of para-hydroxylation sites is 2. The molecule has 0 saturated carbocycles. The van der Waals surface area contributed by atoms with Crippen molar-refractivity contribution in [2.24, 2.45) is 5.16 Å². The van der Waals surface area contributed by atoms with E-state index in [2.05, 4.69) is 9.89 Å². The highest BCUT2D eigenvalue weighted by Gasteiger charge is 2.11. The molecule has 0 radical (unpaired) electrons. The topological polar surface area (TPSA) is 51.1 Å². The molecule has 2 aromatic rings. The summed E-state index contributed by atoms with van der Waals surface area (Å²) in [6.07, 6.45) is 1.22. The van der Waals surface area contributed by atoms with Gasteiger partial charge >= 0.3 is 6.61 Å². The number of alkyl halides is 2. The van der Waals surface area contributed by atoms with Crippen molar-refractivity contribution < 1.29 is 23.1 Å². The largest absolute Gasteiger partial charge is 0.434 e. The van der Waals surface area contributed by atoms with Gasteiger partial charge in [-0.2, -0.15) is 8.78 Å². The minimum atomic E-state index is -2.93. The maximum Gasteiger partial charge on any atom is 0.387 e. The molecule has 7 heteroatoms. The van der Waals surface area contributed by atoms with Gasteiger partial charge in [-0.3, -0.25) is 4.79 Å². The molecule has 0 aromatic heterocycles. The molecule has 0 bridgehead atoms. The number of likely N-dealkylation sites (N-methyl/N-ethyl adjacent to an activating group) is 1. The highest BCUT2D eigenvalue weighted by atomic mass is 19.3. The minimum absolute atomic E-state index is 0.0208. The second-order valence-corrected chi connectivity index (χ2v) is 4.71. The molecule has 0 N–H and O–H groups in total. The molecule has 1 amide bonds. The van der Waals surface area contributed by atoms with E-state index in [9.17, 15) is 13.6 Å². The summed E-state index contributed by atoms with van der Waals surface area (Å²) in [5, 5.41) is 3.63. The molecule has 5 nitrogen and oxygen atoms in total. The second kappa shape index (κ2) is 8.61. The van der Waals surface area contributed by atoms with Crippen LogP contribution in [-0.2, 0) is 9.63 Å². The van der Waals surface area contributed by atoms with E-state index in [1.807, 2.05) is 18.2 Å². The van der Waals surface area contributed by atoms with Crippen molar-refractivity contribution in [3.8, 4) is 5.75 Å². The van der Waals surface area contributed by atoms with Crippen LogP contribution in [0.3, 0.4) is 0 Å². The van der Waals surface area contributed by atoms with E-state index in [0.717, 1.165) is 5.69 Å². The van der Waals surface area contributed by atoms with Gasteiger partial charge in [-0.15, -0.1) is 0 Å². The summed E-state index contributed by atoms with van der Waals surface area (Å²) in [6, 6.07) is 15.2. The number of ether oxygens (including phenoxy) is 1. The van der Waals surface area contributed by atoms with Crippen LogP contribution in [0.2, 0.25) is 0 Å². The van der Waals surface area contributed by atoms with Crippen LogP contribution < -0.4 is 9.64 Å². The van der Waals surface area contributed by atoms with Crippen LogP contribution in [0.4, 0.5) is 14.5 Å². The second-order valence-electron chi connectivity index (χ2n) is 4.71. The van der Waals surface area contributed by atoms with Crippen molar-refractivity contribution in [3.63, 3.8) is 0 Å². The molecule has 24 heavy (non-hydrogen) atoms. The summed E-state index contributed by atoms with van der Waals surface area (Å²) < 4.78 is 29.0. The number of amides is 1. The van der Waals surface area contributed by atoms with Crippen LogP contribution >= 0.6 is 0 Å². The van der Waals surface area contributed by atoms with Crippen LogP contribution in [0.25, 0.3) is 0 Å². The molecule has 0 aliphatic carbocycles. The molecular formula is C17H16F2N2O3. The van der Waals surface area contributed by atoms with Crippen LogP contribution in [0.1, 0.15) is 5.56 Å². The van der Waals surface area contributed by atoms with Gasteiger partial charge in [0.05, 0.1) is 6.21 Å². The van der Waals surface area contributed by atoms with Gasteiger partial charge in [0.1, 0.15) is 5.75 Å². The maximum absolute atomic E-state index is 12.3. The lowest BCUT2D eigenvalue weighted by molar-refractivity contribution is -0.122. The summed E-state index contributed by atoms with van der Waals surface area (Å²) in [5.41, 5.74) is 1.05. The Bertz CT molecular complexity index is 693. The molecule has 2 rings (SSSR count). The summed E-state index contributed by atoms with van der Waals surface area (Å²) in [6.45, 7) is -3.21. The lowest BCUT2D eigenvalue weighted by atomic mass is 10.2. The molecule has 0 atom stereocenters. The number of benzene rings is 2. The maximum atomic E-state index is 12.3. The highest BCUT2D eigenvalue weighted by Crippen LogP contribution is 2.18. The van der Waals surface area contributed by atoms with Crippen molar-refractivity contribution in [1.29, 1.82) is 0 Å². The molecular weight excluding hydrogens is 318 g/mol. The van der Waals surface area contributed by atoms with E-state index in [0.29, 0.717) is 5.56 Å². The lowest BCUT2D eigenvalue weighted by Gasteiger charge is -2.16. The number of nitrogens with zero attached hydrogens (tertiary/aromatic N) is 2. The zero-order valence-electron chi connectivity index (χ0n) is 12.9. The van der Waals surface area contributed by atoms with Crippen LogP contribution in [0, 0.1) is 0 Å². The normalized spacial score (nSPS) is 10.8. The van der Waals surface area contributed by atoms with Gasteiger partial charge in [0, 0.05) is 18.3 Å². The number of anilines is 1. The van der Waals surface area contributed by atoms with Crippen molar-refractivity contribution in [2.45, 2.75) is 6.61 Å². The van der Waals surface area contributed by atoms with E-state index in [1.165, 1.54) is 17.2 Å². The summed E-state index contributed by atoms with van der Waals surface area (Å²) >= 11 is 0. The summed E-state index contributed by atoms with van der Waals surface area (Å²) in [5.74, 6) is -0.317. The average Bonchev–Trinajstić information content (AvgIpc) is 2.59. The van der Waals surface area contributed by atoms with E-state index < -0.39 is 6.61 Å². The van der Waals surface area contributed by atoms with Gasteiger partial charge in [0.2, 0.25) is 0 Å². The Morgan fingerprint density at radius 3 is 2.54 bits per heavy atom. The Kier molecular flexibility index (Phi) is 6.24. The third-order valence-corrected chi connectivity index (χ3v) is 3.11. The number of carbonyl (C=O) groups is 1. The number of hydrogen-bond acceptors (Lipinski definition) is 4. The predicted octanol–water partition coefficient (Wildman–Crippen LogP) is 3.30. The quantitative estimate of drug-likeness (QED) is 0.577. The molecule has 0 spiro atoms. The van der Waals surface area contributed by atoms with Crippen molar-refractivity contribution >= 4 is 17.8 Å². The first-order valence-corrected chi connectivity index (χ1v) is 7.08. The molecule has 0 fully saturated rings. The first-order valence-electron chi connectivity index (χ1n) is 7.08. The van der Waals surface area contributed by atoms with Crippen LogP contribution in [0.15, 0.2) is 59.8 Å².